The second-order valence-corrected chi connectivity index (χ2v) is 6.15. The molecule has 0 aromatic heterocycles. The zero-order valence-corrected chi connectivity index (χ0v) is 12.6. The summed E-state index contributed by atoms with van der Waals surface area (Å²) in [6.07, 6.45) is 2.07. The third-order valence-corrected chi connectivity index (χ3v) is 4.74. The van der Waals surface area contributed by atoms with Crippen molar-refractivity contribution in [1.29, 1.82) is 0 Å². The molecule has 1 unspecified atom stereocenters. The molecule has 0 saturated carbocycles. The van der Waals surface area contributed by atoms with E-state index in [0.29, 0.717) is 0 Å². The molecule has 3 heteroatoms. The van der Waals surface area contributed by atoms with Gasteiger partial charge in [-0.3, -0.25) is 4.79 Å². The van der Waals surface area contributed by atoms with Crippen molar-refractivity contribution in [3.63, 3.8) is 0 Å². The second kappa shape index (κ2) is 5.58. The minimum Gasteiger partial charge on any atom is -0.333 e. The molecule has 0 aliphatic carbocycles. The second-order valence-electron chi connectivity index (χ2n) is 6.15. The summed E-state index contributed by atoms with van der Waals surface area (Å²) in [5.41, 5.74) is 5.08. The molecule has 1 amide bonds. The number of fused-ring (bicyclic) bond motifs is 1. The summed E-state index contributed by atoms with van der Waals surface area (Å²) in [6.45, 7) is 2.44. The quantitative estimate of drug-likeness (QED) is 0.923. The molecule has 4 rings (SSSR count). The average Bonchev–Trinajstić information content (AvgIpc) is 3.24. The fourth-order valence-corrected chi connectivity index (χ4v) is 3.58. The molecule has 1 N–H and O–H groups in total. The number of nitrogens with one attached hydrogen (secondary N) is 1. The van der Waals surface area contributed by atoms with Crippen molar-refractivity contribution < 1.29 is 4.79 Å². The topological polar surface area (TPSA) is 32.3 Å². The molecule has 2 aliphatic rings. The Morgan fingerprint density at radius 3 is 2.68 bits per heavy atom. The fraction of sp³-hybridized carbons (Fsp3) is 0.316. The van der Waals surface area contributed by atoms with Gasteiger partial charge < -0.3 is 10.2 Å². The highest BCUT2D eigenvalue weighted by molar-refractivity contribution is 5.83. The van der Waals surface area contributed by atoms with E-state index in [9.17, 15) is 4.79 Å². The maximum absolute atomic E-state index is 12.6. The van der Waals surface area contributed by atoms with Crippen LogP contribution in [0.1, 0.15) is 24.0 Å². The van der Waals surface area contributed by atoms with Crippen LogP contribution in [-0.2, 0) is 17.9 Å². The van der Waals surface area contributed by atoms with Gasteiger partial charge in [0, 0.05) is 13.1 Å². The molecule has 2 aromatic carbocycles. The first kappa shape index (κ1) is 13.5. The van der Waals surface area contributed by atoms with Crippen LogP contribution >= 0.6 is 0 Å². The predicted octanol–water partition coefficient (Wildman–Crippen LogP) is 2.95. The smallest absolute Gasteiger partial charge is 0.240 e. The molecule has 1 fully saturated rings. The third-order valence-electron chi connectivity index (χ3n) is 4.74. The number of amides is 1. The van der Waals surface area contributed by atoms with Crippen LogP contribution in [0.5, 0.6) is 0 Å². The molecular weight excluding hydrogens is 272 g/mol. The van der Waals surface area contributed by atoms with Crippen LogP contribution < -0.4 is 5.32 Å². The summed E-state index contributed by atoms with van der Waals surface area (Å²) in [4.78, 5) is 14.6. The van der Waals surface area contributed by atoms with E-state index in [1.165, 1.54) is 22.3 Å². The lowest BCUT2D eigenvalue weighted by Crippen LogP contribution is -2.40. The molecule has 0 radical (unpaired) electrons. The Labute approximate surface area is 131 Å². The lowest BCUT2D eigenvalue weighted by molar-refractivity contribution is -0.133. The van der Waals surface area contributed by atoms with E-state index in [4.69, 9.17) is 0 Å². The third kappa shape index (κ3) is 2.32. The van der Waals surface area contributed by atoms with Crippen LogP contribution in [0.3, 0.4) is 0 Å². The molecular formula is C19H20N2O. The van der Waals surface area contributed by atoms with Crippen LogP contribution in [0.15, 0.2) is 48.5 Å². The number of carbonyl (C=O) groups excluding carboxylic acids is 1. The van der Waals surface area contributed by atoms with Crippen molar-refractivity contribution in [1.82, 2.24) is 10.2 Å². The van der Waals surface area contributed by atoms with Gasteiger partial charge in [0.05, 0.1) is 6.04 Å². The van der Waals surface area contributed by atoms with Crippen molar-refractivity contribution in [2.24, 2.45) is 0 Å². The zero-order valence-electron chi connectivity index (χ0n) is 12.6. The minimum atomic E-state index is 0.0227. The monoisotopic (exact) mass is 292 g/mol. The van der Waals surface area contributed by atoms with Gasteiger partial charge in [0.1, 0.15) is 0 Å². The standard InChI is InChI=1S/C19H20N2O/c22-19(18-10-5-11-20-18)21-12-15-8-4-9-16(17(15)13-21)14-6-2-1-3-7-14/h1-4,6-9,18,20H,5,10-13H2. The summed E-state index contributed by atoms with van der Waals surface area (Å²) in [5, 5.41) is 3.32. The molecule has 1 saturated heterocycles. The molecule has 22 heavy (non-hydrogen) atoms. The SMILES string of the molecule is O=C(C1CCCN1)N1Cc2cccc(-c3ccccc3)c2C1. The van der Waals surface area contributed by atoms with Gasteiger partial charge >= 0.3 is 0 Å². The van der Waals surface area contributed by atoms with E-state index in [-0.39, 0.29) is 11.9 Å². The van der Waals surface area contributed by atoms with Crippen molar-refractivity contribution in [3.05, 3.63) is 59.7 Å². The molecule has 0 spiro atoms. The van der Waals surface area contributed by atoms with Crippen LogP contribution in [0.2, 0.25) is 0 Å². The van der Waals surface area contributed by atoms with E-state index >= 15 is 0 Å². The van der Waals surface area contributed by atoms with Gasteiger partial charge in [-0.2, -0.15) is 0 Å². The lowest BCUT2D eigenvalue weighted by Gasteiger charge is -2.20. The molecule has 2 aliphatic heterocycles. The molecule has 0 bridgehead atoms. The van der Waals surface area contributed by atoms with Crippen LogP contribution in [0, 0.1) is 0 Å². The van der Waals surface area contributed by atoms with Gasteiger partial charge in [-0.05, 0) is 41.6 Å². The molecule has 112 valence electrons. The molecule has 3 nitrogen and oxygen atoms in total. The first-order valence-corrected chi connectivity index (χ1v) is 8.01. The largest absolute Gasteiger partial charge is 0.333 e. The Balaban J connectivity index is 1.62. The van der Waals surface area contributed by atoms with E-state index < -0.39 is 0 Å². The summed E-state index contributed by atoms with van der Waals surface area (Å²) < 4.78 is 0. The Morgan fingerprint density at radius 2 is 1.91 bits per heavy atom. The molecule has 2 heterocycles. The van der Waals surface area contributed by atoms with E-state index in [0.717, 1.165) is 32.5 Å². The van der Waals surface area contributed by atoms with Crippen LogP contribution in [0.4, 0.5) is 0 Å². The first-order chi connectivity index (χ1) is 10.8. The maximum Gasteiger partial charge on any atom is 0.240 e. The highest BCUT2D eigenvalue weighted by atomic mass is 16.2. The fourth-order valence-electron chi connectivity index (χ4n) is 3.58. The Bertz CT molecular complexity index is 690. The van der Waals surface area contributed by atoms with Gasteiger partial charge in [-0.15, -0.1) is 0 Å². The van der Waals surface area contributed by atoms with E-state index in [1.807, 2.05) is 11.0 Å². The summed E-state index contributed by atoms with van der Waals surface area (Å²) in [6, 6.07) is 16.9. The summed E-state index contributed by atoms with van der Waals surface area (Å²) >= 11 is 0. The first-order valence-electron chi connectivity index (χ1n) is 8.01. The van der Waals surface area contributed by atoms with Crippen LogP contribution in [0.25, 0.3) is 11.1 Å². The molecule has 2 aromatic rings. The number of rotatable bonds is 2. The van der Waals surface area contributed by atoms with Gasteiger partial charge in [0.15, 0.2) is 0 Å². The number of hydrogen-bond acceptors (Lipinski definition) is 2. The van der Waals surface area contributed by atoms with Gasteiger partial charge in [0.2, 0.25) is 5.91 Å². The lowest BCUT2D eigenvalue weighted by atomic mass is 9.97. The Hall–Kier alpha value is -2.13. The highest BCUT2D eigenvalue weighted by Gasteiger charge is 2.31. The maximum atomic E-state index is 12.6. The highest BCUT2D eigenvalue weighted by Crippen LogP contribution is 2.33. The van der Waals surface area contributed by atoms with Gasteiger partial charge in [0.25, 0.3) is 0 Å². The Morgan fingerprint density at radius 1 is 1.05 bits per heavy atom. The van der Waals surface area contributed by atoms with Crippen molar-refractivity contribution >= 4 is 5.91 Å². The average molecular weight is 292 g/mol. The van der Waals surface area contributed by atoms with Crippen molar-refractivity contribution in [2.75, 3.05) is 6.54 Å². The zero-order chi connectivity index (χ0) is 14.9. The van der Waals surface area contributed by atoms with Gasteiger partial charge in [-0.25, -0.2) is 0 Å². The number of nitrogens with zero attached hydrogens (tertiary/aromatic N) is 1. The normalized spacial score (nSPS) is 20.2. The number of benzene rings is 2. The molecule has 1 atom stereocenters. The predicted molar refractivity (Wildman–Crippen MR) is 87.2 cm³/mol. The minimum absolute atomic E-state index is 0.0227. The van der Waals surface area contributed by atoms with Crippen LogP contribution in [-0.4, -0.2) is 23.4 Å². The number of hydrogen-bond donors (Lipinski definition) is 1. The van der Waals surface area contributed by atoms with Gasteiger partial charge in [-0.1, -0.05) is 48.5 Å². The van der Waals surface area contributed by atoms with E-state index in [2.05, 4.69) is 47.8 Å². The summed E-state index contributed by atoms with van der Waals surface area (Å²) in [5.74, 6) is 0.257. The Kier molecular flexibility index (Phi) is 3.43. The van der Waals surface area contributed by atoms with E-state index in [1.54, 1.807) is 0 Å². The number of carbonyl (C=O) groups is 1. The van der Waals surface area contributed by atoms with Crippen molar-refractivity contribution in [2.45, 2.75) is 32.0 Å². The summed E-state index contributed by atoms with van der Waals surface area (Å²) in [7, 11) is 0. The van der Waals surface area contributed by atoms with Crippen molar-refractivity contribution in [3.8, 4) is 11.1 Å².